The predicted molar refractivity (Wildman–Crippen MR) is 109 cm³/mol. The second-order valence-corrected chi connectivity index (χ2v) is 8.37. The Hall–Kier alpha value is -2.87. The second-order valence-electron chi connectivity index (χ2n) is 7.31. The van der Waals surface area contributed by atoms with Gasteiger partial charge in [-0.05, 0) is 44.0 Å². The third kappa shape index (κ3) is 4.12. The fraction of sp³-hybridized carbons (Fsp3) is 0.333. The molecule has 1 fully saturated rings. The molecule has 1 aliphatic rings. The Labute approximate surface area is 171 Å². The van der Waals surface area contributed by atoms with Gasteiger partial charge in [0.15, 0.2) is 0 Å². The molecule has 0 radical (unpaired) electrons. The highest BCUT2D eigenvalue weighted by atomic mass is 32.1. The largest absolute Gasteiger partial charge is 0.366 e. The molecule has 0 bridgehead atoms. The molecule has 1 saturated heterocycles. The van der Waals surface area contributed by atoms with Crippen molar-refractivity contribution in [2.24, 2.45) is 5.73 Å². The van der Waals surface area contributed by atoms with Crippen LogP contribution in [0.15, 0.2) is 29.6 Å². The molecule has 0 unspecified atom stereocenters. The second kappa shape index (κ2) is 7.87. The van der Waals surface area contributed by atoms with Gasteiger partial charge in [-0.3, -0.25) is 14.6 Å². The predicted octanol–water partition coefficient (Wildman–Crippen LogP) is 3.19. The van der Waals surface area contributed by atoms with Gasteiger partial charge in [0.2, 0.25) is 5.91 Å². The van der Waals surface area contributed by atoms with Crippen molar-refractivity contribution < 1.29 is 14.0 Å². The van der Waals surface area contributed by atoms with E-state index >= 15 is 0 Å². The van der Waals surface area contributed by atoms with Gasteiger partial charge in [-0.2, -0.15) is 0 Å². The topological polar surface area (TPSA) is 89.2 Å². The molecule has 3 heterocycles. The summed E-state index contributed by atoms with van der Waals surface area (Å²) in [5, 5.41) is 3.42. The number of hydrogen-bond donors (Lipinski definition) is 1. The first-order valence-electron chi connectivity index (χ1n) is 9.49. The molecule has 2 aromatic heterocycles. The number of aromatic nitrogens is 2. The quantitative estimate of drug-likeness (QED) is 0.713. The maximum atomic E-state index is 13.5. The number of carbonyl (C=O) groups is 2. The smallest absolute Gasteiger partial charge is 0.250 e. The van der Waals surface area contributed by atoms with Gasteiger partial charge in [0, 0.05) is 29.8 Å². The van der Waals surface area contributed by atoms with Gasteiger partial charge in [0.1, 0.15) is 5.82 Å². The summed E-state index contributed by atoms with van der Waals surface area (Å²) in [6, 6.07) is 5.92. The van der Waals surface area contributed by atoms with Crippen LogP contribution in [0.25, 0.3) is 10.9 Å². The van der Waals surface area contributed by atoms with Crippen molar-refractivity contribution >= 4 is 34.1 Å². The van der Waals surface area contributed by atoms with Gasteiger partial charge in [-0.1, -0.05) is 0 Å². The first-order chi connectivity index (χ1) is 13.9. The van der Waals surface area contributed by atoms with Crippen LogP contribution in [0.4, 0.5) is 4.39 Å². The summed E-state index contributed by atoms with van der Waals surface area (Å²) in [4.78, 5) is 35.4. The Balaban J connectivity index is 1.51. The van der Waals surface area contributed by atoms with Crippen LogP contribution >= 0.6 is 11.3 Å². The number of benzene rings is 1. The Morgan fingerprint density at radius 1 is 1.24 bits per heavy atom. The zero-order valence-corrected chi connectivity index (χ0v) is 16.8. The zero-order valence-electron chi connectivity index (χ0n) is 16.0. The molecule has 0 atom stereocenters. The lowest BCUT2D eigenvalue weighted by Gasteiger charge is -2.32. The normalized spacial score (nSPS) is 15.0. The lowest BCUT2D eigenvalue weighted by Crippen LogP contribution is -2.39. The summed E-state index contributed by atoms with van der Waals surface area (Å²) < 4.78 is 13.5. The molecule has 2 amide bonds. The molecule has 0 spiro atoms. The number of nitrogens with two attached hydrogens (primary N) is 1. The molecule has 6 nitrogen and oxygen atoms in total. The van der Waals surface area contributed by atoms with Gasteiger partial charge in [-0.25, -0.2) is 9.37 Å². The van der Waals surface area contributed by atoms with E-state index in [-0.39, 0.29) is 17.6 Å². The number of aryl methyl sites for hydroxylation is 1. The standard InChI is InChI=1S/C21H21FN4O2S/c1-12-24-16(11-29-12)10-19(27)26-6-4-13(5-7-26)20-17(21(23)28)9-14-8-15(22)2-3-18(14)25-20/h2-3,8-9,11,13H,4-7,10H2,1H3,(H2,23,28). The number of likely N-dealkylation sites (tertiary alicyclic amines) is 1. The van der Waals surface area contributed by atoms with Crippen LogP contribution in [0, 0.1) is 12.7 Å². The summed E-state index contributed by atoms with van der Waals surface area (Å²) in [6.45, 7) is 3.10. The van der Waals surface area contributed by atoms with Gasteiger partial charge in [-0.15, -0.1) is 11.3 Å². The Morgan fingerprint density at radius 3 is 2.66 bits per heavy atom. The minimum Gasteiger partial charge on any atom is -0.366 e. The molecule has 4 rings (SSSR count). The van der Waals surface area contributed by atoms with Crippen molar-refractivity contribution in [3.05, 3.63) is 57.4 Å². The number of piperidine rings is 1. The molecule has 29 heavy (non-hydrogen) atoms. The summed E-state index contributed by atoms with van der Waals surface area (Å²) in [5.41, 5.74) is 7.97. The van der Waals surface area contributed by atoms with E-state index in [2.05, 4.69) is 9.97 Å². The maximum absolute atomic E-state index is 13.5. The summed E-state index contributed by atoms with van der Waals surface area (Å²) >= 11 is 1.54. The molecule has 150 valence electrons. The Kier molecular flexibility index (Phi) is 5.27. The highest BCUT2D eigenvalue weighted by Crippen LogP contribution is 2.31. The number of halogens is 1. The van der Waals surface area contributed by atoms with Crippen LogP contribution in [0.3, 0.4) is 0 Å². The molecule has 0 aliphatic carbocycles. The van der Waals surface area contributed by atoms with Crippen molar-refractivity contribution in [2.75, 3.05) is 13.1 Å². The van der Waals surface area contributed by atoms with E-state index in [9.17, 15) is 14.0 Å². The number of fused-ring (bicyclic) bond motifs is 1. The highest BCUT2D eigenvalue weighted by molar-refractivity contribution is 7.09. The Bertz CT molecular complexity index is 1090. The fourth-order valence-corrected chi connectivity index (χ4v) is 4.44. The van der Waals surface area contributed by atoms with Gasteiger partial charge in [0.05, 0.1) is 33.9 Å². The number of hydrogen-bond acceptors (Lipinski definition) is 5. The van der Waals surface area contributed by atoms with Crippen LogP contribution in [0.1, 0.15) is 45.5 Å². The average molecular weight is 412 g/mol. The van der Waals surface area contributed by atoms with E-state index in [1.807, 2.05) is 17.2 Å². The minimum absolute atomic E-state index is 0.0255. The van der Waals surface area contributed by atoms with Crippen LogP contribution in [-0.2, 0) is 11.2 Å². The lowest BCUT2D eigenvalue weighted by molar-refractivity contribution is -0.131. The van der Waals surface area contributed by atoms with Crippen LogP contribution in [0.5, 0.6) is 0 Å². The van der Waals surface area contributed by atoms with Crippen LogP contribution < -0.4 is 5.73 Å². The molecule has 0 saturated carbocycles. The van der Waals surface area contributed by atoms with E-state index in [4.69, 9.17) is 5.73 Å². The SMILES string of the molecule is Cc1nc(CC(=O)N2CCC(c3nc4ccc(F)cc4cc3C(N)=O)CC2)cs1. The Morgan fingerprint density at radius 2 is 2.00 bits per heavy atom. The monoisotopic (exact) mass is 412 g/mol. The number of amides is 2. The third-order valence-electron chi connectivity index (χ3n) is 5.31. The van der Waals surface area contributed by atoms with Gasteiger partial charge in [0.25, 0.3) is 5.91 Å². The molecular formula is C21H21FN4O2S. The summed E-state index contributed by atoms with van der Waals surface area (Å²) in [6.07, 6.45) is 1.70. The molecule has 8 heteroatoms. The van der Waals surface area contributed by atoms with Crippen molar-refractivity contribution in [3.8, 4) is 0 Å². The van der Waals surface area contributed by atoms with E-state index in [0.29, 0.717) is 54.5 Å². The minimum atomic E-state index is -0.573. The molecule has 3 aromatic rings. The van der Waals surface area contributed by atoms with Crippen LogP contribution in [-0.4, -0.2) is 39.8 Å². The molecule has 1 aromatic carbocycles. The molecule has 1 aliphatic heterocycles. The maximum Gasteiger partial charge on any atom is 0.250 e. The van der Waals surface area contributed by atoms with Crippen molar-refractivity contribution in [1.82, 2.24) is 14.9 Å². The zero-order chi connectivity index (χ0) is 20.5. The van der Waals surface area contributed by atoms with E-state index < -0.39 is 5.91 Å². The number of pyridine rings is 1. The summed E-state index contributed by atoms with van der Waals surface area (Å²) in [5.74, 6) is -0.871. The number of primary amides is 1. The molecular weight excluding hydrogens is 391 g/mol. The van der Waals surface area contributed by atoms with E-state index in [1.165, 1.54) is 23.5 Å². The number of thiazole rings is 1. The van der Waals surface area contributed by atoms with Crippen LogP contribution in [0.2, 0.25) is 0 Å². The van der Waals surface area contributed by atoms with Crippen molar-refractivity contribution in [3.63, 3.8) is 0 Å². The number of nitrogens with zero attached hydrogens (tertiary/aromatic N) is 3. The van der Waals surface area contributed by atoms with Crippen molar-refractivity contribution in [1.29, 1.82) is 0 Å². The summed E-state index contributed by atoms with van der Waals surface area (Å²) in [7, 11) is 0. The number of carbonyl (C=O) groups excluding carboxylic acids is 2. The average Bonchev–Trinajstić information content (AvgIpc) is 3.11. The van der Waals surface area contributed by atoms with E-state index in [1.54, 1.807) is 12.1 Å². The first-order valence-corrected chi connectivity index (χ1v) is 10.4. The third-order valence-corrected chi connectivity index (χ3v) is 6.13. The van der Waals surface area contributed by atoms with E-state index in [0.717, 1.165) is 10.7 Å². The highest BCUT2D eigenvalue weighted by Gasteiger charge is 2.28. The number of rotatable bonds is 4. The van der Waals surface area contributed by atoms with Crippen molar-refractivity contribution in [2.45, 2.75) is 32.1 Å². The molecule has 2 N–H and O–H groups in total. The lowest BCUT2D eigenvalue weighted by atomic mass is 9.89. The van der Waals surface area contributed by atoms with Gasteiger partial charge < -0.3 is 10.6 Å². The first kappa shape index (κ1) is 19.4. The van der Waals surface area contributed by atoms with Gasteiger partial charge >= 0.3 is 0 Å². The fourth-order valence-electron chi connectivity index (χ4n) is 3.83.